The lowest BCUT2D eigenvalue weighted by Crippen LogP contribution is -2.11. The summed E-state index contributed by atoms with van der Waals surface area (Å²) in [5.74, 6) is -0.403. The highest BCUT2D eigenvalue weighted by atomic mass is 127. The maximum atomic E-state index is 11.4. The van der Waals surface area contributed by atoms with Crippen LogP contribution in [0.4, 0.5) is 17.1 Å². The molecule has 2 aromatic rings. The molecule has 1 unspecified atom stereocenters. The Bertz CT molecular complexity index is 1000. The molecule has 0 aliphatic carbocycles. The van der Waals surface area contributed by atoms with Crippen LogP contribution in [0.5, 0.6) is 0 Å². The van der Waals surface area contributed by atoms with Crippen molar-refractivity contribution in [2.75, 3.05) is 18.5 Å². The minimum absolute atomic E-state index is 0.189. The molecule has 0 radical (unpaired) electrons. The van der Waals surface area contributed by atoms with Gasteiger partial charge in [0.25, 0.3) is 0 Å². The number of carbonyl (C=O) groups excluding carboxylic acids is 1. The van der Waals surface area contributed by atoms with E-state index in [1.165, 1.54) is 0 Å². The van der Waals surface area contributed by atoms with E-state index in [4.69, 9.17) is 10.00 Å². The van der Waals surface area contributed by atoms with Gasteiger partial charge in [-0.3, -0.25) is 4.79 Å². The van der Waals surface area contributed by atoms with Crippen LogP contribution in [0.1, 0.15) is 12.0 Å². The van der Waals surface area contributed by atoms with Crippen LogP contribution in [0.25, 0.3) is 0 Å². The molecule has 0 saturated heterocycles. The minimum Gasteiger partial charge on any atom is -0.450 e. The topological polar surface area (TPSA) is 86.8 Å². The Morgan fingerprint density at radius 1 is 1.30 bits per heavy atom. The van der Waals surface area contributed by atoms with Crippen molar-refractivity contribution in [3.8, 4) is 6.07 Å². The summed E-state index contributed by atoms with van der Waals surface area (Å²) < 4.78 is 4.72. The molecule has 0 fully saturated rings. The number of rotatable bonds is 9. The highest BCUT2D eigenvalue weighted by molar-refractivity contribution is 14.2. The van der Waals surface area contributed by atoms with Gasteiger partial charge in [0.1, 0.15) is 11.8 Å². The molecule has 0 bridgehead atoms. The molecule has 2 rings (SSSR count). The van der Waals surface area contributed by atoms with Crippen molar-refractivity contribution in [2.45, 2.75) is 28.0 Å². The number of hydrogen-bond acceptors (Lipinski definition) is 9. The van der Waals surface area contributed by atoms with Crippen molar-refractivity contribution in [2.24, 2.45) is 10.2 Å². The maximum Gasteiger partial charge on any atom is 0.308 e. The van der Waals surface area contributed by atoms with E-state index in [0.717, 1.165) is 42.6 Å². The lowest BCUT2D eigenvalue weighted by Gasteiger charge is -2.12. The summed E-state index contributed by atoms with van der Waals surface area (Å²) in [5.41, 5.74) is 3.41. The number of ether oxygens (including phenoxy) is 1. The lowest BCUT2D eigenvalue weighted by atomic mass is 10.2. The van der Waals surface area contributed by atoms with Gasteiger partial charge in [-0.15, -0.1) is 27.0 Å². The van der Waals surface area contributed by atoms with Gasteiger partial charge in [-0.05, 0) is 51.0 Å². The lowest BCUT2D eigenvalue weighted by molar-refractivity contribution is -0.141. The predicted molar refractivity (Wildman–Crippen MR) is 148 cm³/mol. The number of halogens is 2. The summed E-state index contributed by atoms with van der Waals surface area (Å²) in [7, 11) is 5.91. The molecule has 1 atom stereocenters. The number of nitriles is 1. The van der Waals surface area contributed by atoms with Crippen LogP contribution in [0.2, 0.25) is 0 Å². The van der Waals surface area contributed by atoms with E-state index in [9.17, 15) is 4.79 Å². The molecule has 0 amide bonds. The van der Waals surface area contributed by atoms with Crippen LogP contribution in [0, 0.1) is 18.3 Å². The zero-order valence-electron chi connectivity index (χ0n) is 15.7. The molecule has 1 N–H and O–H groups in total. The highest BCUT2D eigenvalue weighted by Crippen LogP contribution is 2.46. The monoisotopic (exact) mass is 702 g/mol. The smallest absolute Gasteiger partial charge is 0.308 e. The zero-order chi connectivity index (χ0) is 22.1. The first kappa shape index (κ1) is 26.0. The van der Waals surface area contributed by atoms with Gasteiger partial charge in [0.15, 0.2) is 6.61 Å². The van der Waals surface area contributed by atoms with E-state index in [-0.39, 0.29) is 13.0 Å². The summed E-state index contributed by atoms with van der Waals surface area (Å²) in [6.07, 6.45) is 0.189. The number of nitrogens with one attached hydrogen (secondary N) is 1. The summed E-state index contributed by atoms with van der Waals surface area (Å²) in [6, 6.07) is 9.47. The third kappa shape index (κ3) is 7.41. The average Bonchev–Trinajstić information content (AvgIpc) is 2.72. The van der Waals surface area contributed by atoms with Crippen molar-refractivity contribution >= 4 is 110 Å². The normalized spacial score (nSPS) is 10.8. The van der Waals surface area contributed by atoms with Crippen LogP contribution in [-0.2, 0) is 9.53 Å². The third-order valence-electron chi connectivity index (χ3n) is 3.78. The predicted octanol–water partition coefficient (Wildman–Crippen LogP) is 6.95. The number of azo groups is 1. The standard InChI is InChI=1S/C18H17I2N4O2PS3/c1-10-8-11(22-6-4-15(25)26-7-5-21)2-3-12(10)23-24-16-13(27)9-14(28)17(29-19)18(16)30-20/h2-3,8-9,22,28H,4,6-7,27H2,1H3. The Hall–Kier alpha value is -0.260. The Kier molecular flexibility index (Phi) is 11.5. The van der Waals surface area contributed by atoms with Crippen LogP contribution in [0.15, 0.2) is 49.2 Å². The van der Waals surface area contributed by atoms with Crippen molar-refractivity contribution in [1.29, 1.82) is 5.26 Å². The number of hydrogen-bond donors (Lipinski definition) is 2. The minimum atomic E-state index is -0.403. The molecule has 158 valence electrons. The first-order valence-corrected chi connectivity index (χ1v) is 16.2. The summed E-state index contributed by atoms with van der Waals surface area (Å²) in [4.78, 5) is 14.5. The van der Waals surface area contributed by atoms with Crippen LogP contribution >= 0.6 is 82.1 Å². The number of thiol groups is 1. The maximum absolute atomic E-state index is 11.4. The fourth-order valence-electron chi connectivity index (χ4n) is 2.36. The van der Waals surface area contributed by atoms with Gasteiger partial charge >= 0.3 is 5.97 Å². The molecule has 0 aliphatic rings. The molecule has 6 nitrogen and oxygen atoms in total. The number of benzene rings is 2. The highest BCUT2D eigenvalue weighted by Gasteiger charge is 2.15. The SMILES string of the molecule is Cc1cc(NCCC(=O)OCC#N)ccc1N=Nc1c(P)cc(S)c(SI)c1SI. The number of anilines is 1. The van der Waals surface area contributed by atoms with Gasteiger partial charge in [0, 0.05) is 64.4 Å². The molecule has 2 aromatic carbocycles. The second-order valence-corrected chi connectivity index (χ2v) is 10.7. The molecule has 0 aliphatic heterocycles. The number of nitrogens with zero attached hydrogens (tertiary/aromatic N) is 3. The largest absolute Gasteiger partial charge is 0.450 e. The Balaban J connectivity index is 2.13. The van der Waals surface area contributed by atoms with Gasteiger partial charge in [0.05, 0.1) is 17.0 Å². The van der Waals surface area contributed by atoms with E-state index in [1.54, 1.807) is 23.9 Å². The van der Waals surface area contributed by atoms with Crippen molar-refractivity contribution < 1.29 is 9.53 Å². The third-order valence-corrected chi connectivity index (χ3v) is 8.63. The summed E-state index contributed by atoms with van der Waals surface area (Å²) in [6.45, 7) is 2.16. The number of esters is 1. The van der Waals surface area contributed by atoms with E-state index in [2.05, 4.69) is 79.8 Å². The number of carbonyl (C=O) groups is 1. The van der Waals surface area contributed by atoms with Crippen LogP contribution in [0.3, 0.4) is 0 Å². The fraction of sp³-hybridized carbons (Fsp3) is 0.222. The molecule has 30 heavy (non-hydrogen) atoms. The van der Waals surface area contributed by atoms with Gasteiger partial charge in [0.2, 0.25) is 0 Å². The Labute approximate surface area is 215 Å². The van der Waals surface area contributed by atoms with E-state index in [1.807, 2.05) is 31.2 Å². The Morgan fingerprint density at radius 2 is 2.03 bits per heavy atom. The molecule has 0 aromatic heterocycles. The van der Waals surface area contributed by atoms with E-state index in [0.29, 0.717) is 6.54 Å². The molecule has 0 heterocycles. The zero-order valence-corrected chi connectivity index (χ0v) is 23.7. The first-order chi connectivity index (χ1) is 14.4. The van der Waals surface area contributed by atoms with Gasteiger partial charge in [-0.2, -0.15) is 10.4 Å². The summed E-state index contributed by atoms with van der Waals surface area (Å²) in [5, 5.41) is 21.5. The van der Waals surface area contributed by atoms with Crippen LogP contribution in [-0.4, -0.2) is 19.1 Å². The molecular weight excluding hydrogens is 685 g/mol. The fourth-order valence-corrected chi connectivity index (χ4v) is 8.48. The molecule has 12 heteroatoms. The second-order valence-electron chi connectivity index (χ2n) is 5.84. The van der Waals surface area contributed by atoms with Gasteiger partial charge in [-0.1, -0.05) is 8.93 Å². The van der Waals surface area contributed by atoms with Gasteiger partial charge < -0.3 is 10.1 Å². The second kappa shape index (κ2) is 13.3. The van der Waals surface area contributed by atoms with E-state index >= 15 is 0 Å². The average molecular weight is 702 g/mol. The molecule has 0 spiro atoms. The van der Waals surface area contributed by atoms with Crippen LogP contribution < -0.4 is 10.6 Å². The molecular formula is C18H17I2N4O2PS3. The van der Waals surface area contributed by atoms with Crippen molar-refractivity contribution in [3.05, 3.63) is 29.8 Å². The quantitative estimate of drug-likeness (QED) is 0.0968. The number of aryl methyl sites for hydroxylation is 1. The van der Waals surface area contributed by atoms with Crippen molar-refractivity contribution in [1.82, 2.24) is 0 Å². The Morgan fingerprint density at radius 3 is 2.67 bits per heavy atom. The van der Waals surface area contributed by atoms with Gasteiger partial charge in [-0.25, -0.2) is 0 Å². The van der Waals surface area contributed by atoms with Crippen molar-refractivity contribution in [3.63, 3.8) is 0 Å². The first-order valence-electron chi connectivity index (χ1n) is 8.42. The molecule has 0 saturated carbocycles. The summed E-state index contributed by atoms with van der Waals surface area (Å²) >= 11 is 9.06. The van der Waals surface area contributed by atoms with E-state index < -0.39 is 5.97 Å².